The van der Waals surface area contributed by atoms with Gasteiger partial charge in [-0.3, -0.25) is 9.79 Å². The normalized spacial score (nSPS) is 10.8. The molecule has 0 radical (unpaired) electrons. The molecule has 7 nitrogen and oxygen atoms in total. The molecule has 0 fully saturated rings. The number of hydrogen-bond donors (Lipinski definition) is 5. The summed E-state index contributed by atoms with van der Waals surface area (Å²) < 4.78 is 19.0. The molecule has 0 aromatic rings. The van der Waals surface area contributed by atoms with Gasteiger partial charge < -0.3 is 19.2 Å². The van der Waals surface area contributed by atoms with Crippen LogP contribution in [0.2, 0.25) is 0 Å². The second-order valence-corrected chi connectivity index (χ2v) is 3.14. The van der Waals surface area contributed by atoms with Gasteiger partial charge in [-0.1, -0.05) is 0 Å². The molecule has 11 heavy (non-hydrogen) atoms. The van der Waals surface area contributed by atoms with Gasteiger partial charge in [-0.2, -0.15) is 0 Å². The van der Waals surface area contributed by atoms with Crippen molar-refractivity contribution in [2.75, 3.05) is 0 Å². The first kappa shape index (κ1) is 18.0. The summed E-state index contributed by atoms with van der Waals surface area (Å²) in [4.78, 5) is 44.5. The maximum absolute atomic E-state index is 10.4. The van der Waals surface area contributed by atoms with Crippen LogP contribution in [-0.4, -0.2) is 33.2 Å². The summed E-state index contributed by atoms with van der Waals surface area (Å²) in [6.45, 7) is 0. The van der Waals surface area contributed by atoms with Gasteiger partial charge in [0, 0.05) is 0 Å². The Bertz CT molecular complexity index is 111. The molecule has 0 unspecified atom stereocenters. The minimum absolute atomic E-state index is 0. The van der Waals surface area contributed by atoms with E-state index in [1.165, 1.54) is 0 Å². The summed E-state index contributed by atoms with van der Waals surface area (Å²) in [5.74, 6) is 0. The predicted molar refractivity (Wildman–Crippen MR) is 25.6 cm³/mol. The Balaban J connectivity index is -0.000000107. The van der Waals surface area contributed by atoms with E-state index in [0.717, 1.165) is 0 Å². The fourth-order valence-corrected chi connectivity index (χ4v) is 0. The van der Waals surface area contributed by atoms with Gasteiger partial charge in [0.2, 0.25) is 0 Å². The molecule has 0 rings (SSSR count). The molecule has 0 bridgehead atoms. The maximum atomic E-state index is 10.4. The zero-order valence-corrected chi connectivity index (χ0v) is 9.27. The summed E-state index contributed by atoms with van der Waals surface area (Å²) in [7, 11) is -10.0. The van der Waals surface area contributed by atoms with Crippen molar-refractivity contribution in [3.63, 3.8) is 0 Å². The van der Waals surface area contributed by atoms with Crippen LogP contribution in [0.4, 0.5) is 4.20 Å². The molecule has 0 amide bonds. The third-order valence-corrected chi connectivity index (χ3v) is 0. The molecule has 11 heteroatoms. The van der Waals surface area contributed by atoms with Crippen molar-refractivity contribution in [1.82, 2.24) is 0 Å². The third kappa shape index (κ3) is 719. The predicted octanol–water partition coefficient (Wildman–Crippen LogP) is -6.19. The van der Waals surface area contributed by atoms with E-state index in [0.29, 0.717) is 0 Å². The zero-order chi connectivity index (χ0) is 9.00. The van der Waals surface area contributed by atoms with Gasteiger partial charge >= 0.3 is 46.5 Å². The van der Waals surface area contributed by atoms with E-state index in [4.69, 9.17) is 33.5 Å². The largest absolute Gasteiger partial charge is 1.00 e. The van der Waals surface area contributed by atoms with E-state index in [1.54, 1.807) is 0 Å². The van der Waals surface area contributed by atoms with Gasteiger partial charge in [-0.25, -0.2) is 4.57 Å². The van der Waals surface area contributed by atoms with Gasteiger partial charge in [0.1, 0.15) is 0 Å². The van der Waals surface area contributed by atoms with Crippen LogP contribution in [-0.2, 0) is 4.57 Å². The quantitative estimate of drug-likeness (QED) is 0.201. The van der Waals surface area contributed by atoms with Crippen molar-refractivity contribution < 1.29 is 67.3 Å². The summed E-state index contributed by atoms with van der Waals surface area (Å²) >= 11 is 0. The van der Waals surface area contributed by atoms with Gasteiger partial charge in [-0.05, 0) is 0 Å². The average molecular weight is 218 g/mol. The van der Waals surface area contributed by atoms with Crippen molar-refractivity contribution >= 4 is 17.0 Å². The van der Waals surface area contributed by atoms with Crippen LogP contribution in [0.3, 0.4) is 0 Å². The summed E-state index contributed by atoms with van der Waals surface area (Å²) in [5, 5.41) is 0. The van der Waals surface area contributed by atoms with Crippen LogP contribution in [0, 0.1) is 0 Å². The third-order valence-electron chi connectivity index (χ3n) is 0. The Hall–Kier alpha value is 1.14. The van der Waals surface area contributed by atoms with Gasteiger partial charge in [0.05, 0.1) is 0 Å². The Morgan fingerprint density at radius 1 is 1.27 bits per heavy atom. The molecule has 0 aliphatic heterocycles. The first-order chi connectivity index (χ1) is 4.00. The SMILES string of the molecule is O=P(O)(O)F.[Na+].[O-][Si](O)(O)O. The van der Waals surface area contributed by atoms with Crippen LogP contribution < -0.4 is 34.4 Å². The molecule has 0 aromatic carbocycles. The van der Waals surface area contributed by atoms with E-state index in [2.05, 4.69) is 0 Å². The topological polar surface area (TPSA) is 141 Å². The Labute approximate surface area is 84.2 Å². The molecule has 64 valence electrons. The Kier molecular flexibility index (Phi) is 10.9. The zero-order valence-electron chi connectivity index (χ0n) is 5.38. The Morgan fingerprint density at radius 2 is 1.27 bits per heavy atom. The molecule has 0 heterocycles. The molecule has 0 aromatic heterocycles. The molecule has 0 saturated carbocycles. The second kappa shape index (κ2) is 6.63. The van der Waals surface area contributed by atoms with Crippen molar-refractivity contribution in [1.29, 1.82) is 0 Å². The first-order valence-corrected chi connectivity index (χ1v) is 4.88. The molecule has 0 spiro atoms. The molecule has 5 N–H and O–H groups in total. The van der Waals surface area contributed by atoms with E-state index >= 15 is 0 Å². The fourth-order valence-electron chi connectivity index (χ4n) is 0. The first-order valence-electron chi connectivity index (χ1n) is 1.63. The van der Waals surface area contributed by atoms with E-state index in [-0.39, 0.29) is 29.6 Å². The monoisotopic (exact) mass is 218 g/mol. The number of rotatable bonds is 0. The molecule has 0 saturated heterocycles. The smallest absolute Gasteiger partial charge is 0.794 e. The van der Waals surface area contributed by atoms with E-state index < -0.39 is 17.0 Å². The second-order valence-electron chi connectivity index (χ2n) is 1.05. The molecular weight excluding hydrogens is 213 g/mol. The molecule has 0 aliphatic carbocycles. The molecule has 0 aliphatic rings. The number of halogens is 1. The molecule has 0 atom stereocenters. The number of hydrogen-bond acceptors (Lipinski definition) is 5. The maximum Gasteiger partial charge on any atom is 1.00 e. The fraction of sp³-hybridized carbons (Fsp3) is 0. The molecular formula is H5FNaO7PSi. The minimum Gasteiger partial charge on any atom is -0.794 e. The standard InChI is InChI=1S/FH2O3P.Na.H3O4Si/c1-5(2,3)4;;1-5(2,3)4/h(H2,2,3,4);;1-3H/q;+1;-1. The van der Waals surface area contributed by atoms with Crippen LogP contribution in [0.25, 0.3) is 0 Å². The van der Waals surface area contributed by atoms with E-state index in [9.17, 15) is 4.20 Å². The van der Waals surface area contributed by atoms with Crippen LogP contribution in [0.1, 0.15) is 0 Å². The van der Waals surface area contributed by atoms with Crippen molar-refractivity contribution in [2.24, 2.45) is 0 Å². The van der Waals surface area contributed by atoms with Crippen molar-refractivity contribution in [3.05, 3.63) is 0 Å². The van der Waals surface area contributed by atoms with Crippen LogP contribution in [0.5, 0.6) is 0 Å². The van der Waals surface area contributed by atoms with Gasteiger partial charge in [0.25, 0.3) is 0 Å². The van der Waals surface area contributed by atoms with E-state index in [1.807, 2.05) is 0 Å². The van der Waals surface area contributed by atoms with Gasteiger partial charge in [0.15, 0.2) is 0 Å². The minimum atomic E-state index is -5.14. The van der Waals surface area contributed by atoms with Gasteiger partial charge in [-0.15, -0.1) is 4.20 Å². The average Bonchev–Trinajstić information content (AvgIpc) is 1.12. The van der Waals surface area contributed by atoms with Crippen LogP contribution in [0.15, 0.2) is 0 Å². The summed E-state index contributed by atoms with van der Waals surface area (Å²) in [6.07, 6.45) is 0. The van der Waals surface area contributed by atoms with Crippen molar-refractivity contribution in [2.45, 2.75) is 0 Å². The van der Waals surface area contributed by atoms with Crippen LogP contribution >= 0.6 is 7.91 Å². The summed E-state index contributed by atoms with van der Waals surface area (Å²) in [5.41, 5.74) is 0. The Morgan fingerprint density at radius 3 is 1.27 bits per heavy atom. The van der Waals surface area contributed by atoms with Crippen molar-refractivity contribution in [3.8, 4) is 0 Å². The summed E-state index contributed by atoms with van der Waals surface area (Å²) in [6, 6.07) is 0.